The van der Waals surface area contributed by atoms with Gasteiger partial charge < -0.3 is 5.73 Å². The summed E-state index contributed by atoms with van der Waals surface area (Å²) in [6.07, 6.45) is 4.72. The van der Waals surface area contributed by atoms with Crippen molar-refractivity contribution in [1.82, 2.24) is 0 Å². The summed E-state index contributed by atoms with van der Waals surface area (Å²) in [6.45, 7) is 1.78. The topological polar surface area (TPSA) is 26.0 Å². The number of rotatable bonds is 2. The van der Waals surface area contributed by atoms with Crippen LogP contribution < -0.4 is 5.73 Å². The van der Waals surface area contributed by atoms with E-state index >= 15 is 0 Å². The van der Waals surface area contributed by atoms with Crippen LogP contribution in [0.15, 0.2) is 16.6 Å². The first-order chi connectivity index (χ1) is 7.59. The summed E-state index contributed by atoms with van der Waals surface area (Å²) in [5.41, 5.74) is 7.51. The Morgan fingerprint density at radius 1 is 1.38 bits per heavy atom. The van der Waals surface area contributed by atoms with Gasteiger partial charge in [-0.05, 0) is 43.4 Å². The van der Waals surface area contributed by atoms with Crippen molar-refractivity contribution in [2.75, 3.05) is 0 Å². The molecule has 2 rings (SSSR count). The number of benzene rings is 1. The van der Waals surface area contributed by atoms with Crippen molar-refractivity contribution >= 4 is 15.9 Å². The van der Waals surface area contributed by atoms with Crippen LogP contribution in [0, 0.1) is 18.7 Å². The maximum atomic E-state index is 14.0. The van der Waals surface area contributed by atoms with Gasteiger partial charge in [0.1, 0.15) is 5.82 Å². The van der Waals surface area contributed by atoms with Crippen LogP contribution in [0.4, 0.5) is 4.39 Å². The monoisotopic (exact) mass is 285 g/mol. The second kappa shape index (κ2) is 4.84. The fourth-order valence-corrected chi connectivity index (χ4v) is 3.15. The summed E-state index contributed by atoms with van der Waals surface area (Å²) in [6, 6.07) is 3.46. The minimum absolute atomic E-state index is 0.136. The molecule has 1 aromatic carbocycles. The van der Waals surface area contributed by atoms with Gasteiger partial charge in [0.15, 0.2) is 0 Å². The Morgan fingerprint density at radius 2 is 2.00 bits per heavy atom. The van der Waals surface area contributed by atoms with Crippen molar-refractivity contribution in [2.24, 2.45) is 11.7 Å². The molecule has 0 radical (unpaired) electrons. The molecule has 0 heterocycles. The molecule has 0 bridgehead atoms. The summed E-state index contributed by atoms with van der Waals surface area (Å²) in [5.74, 6) is 0.311. The van der Waals surface area contributed by atoms with Crippen molar-refractivity contribution in [3.8, 4) is 0 Å². The maximum absolute atomic E-state index is 14.0. The minimum atomic E-state index is -0.154. The molecule has 88 valence electrons. The first kappa shape index (κ1) is 12.1. The highest BCUT2D eigenvalue weighted by Gasteiger charge is 2.25. The molecular weight excluding hydrogens is 269 g/mol. The zero-order chi connectivity index (χ0) is 11.7. The average molecular weight is 286 g/mol. The van der Waals surface area contributed by atoms with Crippen LogP contribution in [-0.2, 0) is 0 Å². The number of hydrogen-bond donors (Lipinski definition) is 1. The Bertz CT molecular complexity index is 386. The van der Waals surface area contributed by atoms with E-state index < -0.39 is 0 Å². The molecule has 1 saturated carbocycles. The molecule has 2 N–H and O–H groups in total. The first-order valence-corrected chi connectivity index (χ1v) is 6.60. The molecular formula is C13H17BrFN. The van der Waals surface area contributed by atoms with E-state index in [0.29, 0.717) is 17.0 Å². The molecule has 16 heavy (non-hydrogen) atoms. The standard InChI is InChI=1S/C13H17BrFN/c1-8-6-10(14)7-11(12(8)15)13(16)9-4-2-3-5-9/h6-7,9,13H,2-5,16H2,1H3/t13-/m0/s1. The first-order valence-electron chi connectivity index (χ1n) is 5.80. The third kappa shape index (κ3) is 2.30. The second-order valence-electron chi connectivity index (χ2n) is 4.70. The van der Waals surface area contributed by atoms with Gasteiger partial charge in [0, 0.05) is 16.1 Å². The predicted octanol–water partition coefficient (Wildman–Crippen LogP) is 4.09. The molecule has 1 nitrogen and oxygen atoms in total. The van der Waals surface area contributed by atoms with E-state index in [1.165, 1.54) is 12.8 Å². The van der Waals surface area contributed by atoms with Crippen LogP contribution in [0.2, 0.25) is 0 Å². The predicted molar refractivity (Wildman–Crippen MR) is 67.7 cm³/mol. The molecule has 1 aromatic rings. The fourth-order valence-electron chi connectivity index (χ4n) is 2.56. The highest BCUT2D eigenvalue weighted by molar-refractivity contribution is 9.10. The van der Waals surface area contributed by atoms with Crippen molar-refractivity contribution in [3.63, 3.8) is 0 Å². The zero-order valence-corrected chi connectivity index (χ0v) is 11.1. The number of hydrogen-bond acceptors (Lipinski definition) is 1. The van der Waals surface area contributed by atoms with E-state index in [0.717, 1.165) is 17.3 Å². The van der Waals surface area contributed by atoms with Gasteiger partial charge in [0.2, 0.25) is 0 Å². The highest BCUT2D eigenvalue weighted by atomic mass is 79.9. The van der Waals surface area contributed by atoms with Crippen molar-refractivity contribution in [1.29, 1.82) is 0 Å². The quantitative estimate of drug-likeness (QED) is 0.870. The summed E-state index contributed by atoms with van der Waals surface area (Å²) in [5, 5.41) is 0. The minimum Gasteiger partial charge on any atom is -0.324 e. The van der Waals surface area contributed by atoms with Gasteiger partial charge >= 0.3 is 0 Å². The molecule has 0 unspecified atom stereocenters. The molecule has 1 fully saturated rings. The summed E-state index contributed by atoms with van der Waals surface area (Å²) >= 11 is 3.40. The Labute approximate surface area is 104 Å². The highest BCUT2D eigenvalue weighted by Crippen LogP contribution is 2.36. The molecule has 1 aliphatic carbocycles. The van der Waals surface area contributed by atoms with Crippen molar-refractivity contribution < 1.29 is 4.39 Å². The second-order valence-corrected chi connectivity index (χ2v) is 5.61. The number of nitrogens with two attached hydrogens (primary N) is 1. The van der Waals surface area contributed by atoms with E-state index in [1.807, 2.05) is 6.07 Å². The Morgan fingerprint density at radius 3 is 2.62 bits per heavy atom. The number of halogens is 2. The lowest BCUT2D eigenvalue weighted by Gasteiger charge is -2.20. The lowest BCUT2D eigenvalue weighted by atomic mass is 9.91. The van der Waals surface area contributed by atoms with Crippen LogP contribution in [-0.4, -0.2) is 0 Å². The fraction of sp³-hybridized carbons (Fsp3) is 0.538. The maximum Gasteiger partial charge on any atom is 0.130 e. The van der Waals surface area contributed by atoms with E-state index in [2.05, 4.69) is 15.9 Å². The SMILES string of the molecule is Cc1cc(Br)cc([C@@H](N)C2CCCC2)c1F. The third-order valence-corrected chi connectivity index (χ3v) is 3.97. The van der Waals surface area contributed by atoms with Crippen LogP contribution in [0.5, 0.6) is 0 Å². The average Bonchev–Trinajstić information content (AvgIpc) is 2.75. The van der Waals surface area contributed by atoms with Crippen LogP contribution >= 0.6 is 15.9 Å². The Hall–Kier alpha value is -0.410. The molecule has 0 aliphatic heterocycles. The van der Waals surface area contributed by atoms with Crippen molar-refractivity contribution in [3.05, 3.63) is 33.5 Å². The molecule has 3 heteroatoms. The summed E-state index contributed by atoms with van der Waals surface area (Å²) in [7, 11) is 0. The lowest BCUT2D eigenvalue weighted by molar-refractivity contribution is 0.427. The smallest absolute Gasteiger partial charge is 0.130 e. The molecule has 0 saturated heterocycles. The van der Waals surface area contributed by atoms with Gasteiger partial charge in [-0.15, -0.1) is 0 Å². The normalized spacial score (nSPS) is 19.0. The van der Waals surface area contributed by atoms with E-state index in [9.17, 15) is 4.39 Å². The third-order valence-electron chi connectivity index (χ3n) is 3.51. The zero-order valence-electron chi connectivity index (χ0n) is 9.47. The van der Waals surface area contributed by atoms with Crippen molar-refractivity contribution in [2.45, 2.75) is 38.6 Å². The van der Waals surface area contributed by atoms with Gasteiger partial charge in [0.25, 0.3) is 0 Å². The molecule has 0 aromatic heterocycles. The molecule has 1 aliphatic rings. The van der Waals surface area contributed by atoms with Gasteiger partial charge in [-0.25, -0.2) is 4.39 Å². The number of aryl methyl sites for hydroxylation is 1. The van der Waals surface area contributed by atoms with E-state index in [1.54, 1.807) is 13.0 Å². The van der Waals surface area contributed by atoms with Gasteiger partial charge in [0.05, 0.1) is 0 Å². The molecule has 0 spiro atoms. The molecule has 0 amide bonds. The van der Waals surface area contributed by atoms with Crippen LogP contribution in [0.1, 0.15) is 42.9 Å². The summed E-state index contributed by atoms with van der Waals surface area (Å²) in [4.78, 5) is 0. The van der Waals surface area contributed by atoms with Crippen LogP contribution in [0.3, 0.4) is 0 Å². The Balaban J connectivity index is 2.31. The largest absolute Gasteiger partial charge is 0.324 e. The lowest BCUT2D eigenvalue weighted by Crippen LogP contribution is -2.20. The van der Waals surface area contributed by atoms with E-state index in [-0.39, 0.29) is 11.9 Å². The summed E-state index contributed by atoms with van der Waals surface area (Å²) < 4.78 is 14.9. The van der Waals surface area contributed by atoms with E-state index in [4.69, 9.17) is 5.73 Å². The van der Waals surface area contributed by atoms with Gasteiger partial charge in [-0.3, -0.25) is 0 Å². The van der Waals surface area contributed by atoms with Gasteiger partial charge in [-0.1, -0.05) is 28.8 Å². The van der Waals surface area contributed by atoms with Crippen LogP contribution in [0.25, 0.3) is 0 Å². The molecule has 1 atom stereocenters. The Kier molecular flexibility index (Phi) is 3.65. The van der Waals surface area contributed by atoms with Gasteiger partial charge in [-0.2, -0.15) is 0 Å².